The number of hydrogen-bond acceptors (Lipinski definition) is 5. The van der Waals surface area contributed by atoms with Gasteiger partial charge < -0.3 is 20.0 Å². The second-order valence-corrected chi connectivity index (χ2v) is 7.75. The largest absolute Gasteiger partial charge is 0.447 e. The minimum Gasteiger partial charge on any atom is -0.447 e. The van der Waals surface area contributed by atoms with Crippen molar-refractivity contribution in [2.75, 3.05) is 31.5 Å². The molecule has 4 rings (SSSR count). The molecule has 1 saturated carbocycles. The van der Waals surface area contributed by atoms with E-state index >= 15 is 0 Å². The Kier molecular flexibility index (Phi) is 5.80. The summed E-state index contributed by atoms with van der Waals surface area (Å²) in [7, 11) is 0. The molecule has 2 fully saturated rings. The molecule has 1 aliphatic carbocycles. The molecule has 1 aromatic heterocycles. The zero-order chi connectivity index (χ0) is 20.2. The zero-order valence-electron chi connectivity index (χ0n) is 16.7. The zero-order valence-corrected chi connectivity index (χ0v) is 16.7. The van der Waals surface area contributed by atoms with Crippen LogP contribution in [0.5, 0.6) is 0 Å². The van der Waals surface area contributed by atoms with E-state index in [0.717, 1.165) is 31.6 Å². The summed E-state index contributed by atoms with van der Waals surface area (Å²) in [4.78, 5) is 33.1. The number of urea groups is 1. The third-order valence-electron chi connectivity index (χ3n) is 5.52. The van der Waals surface area contributed by atoms with Crippen LogP contribution in [-0.4, -0.2) is 58.9 Å². The lowest BCUT2D eigenvalue weighted by Crippen LogP contribution is -2.48. The Labute approximate surface area is 170 Å². The maximum absolute atomic E-state index is 12.8. The van der Waals surface area contributed by atoms with Crippen LogP contribution in [0, 0.1) is 6.92 Å². The van der Waals surface area contributed by atoms with E-state index in [-0.39, 0.29) is 11.9 Å². The van der Waals surface area contributed by atoms with Gasteiger partial charge in [-0.05, 0) is 50.5 Å². The monoisotopic (exact) mass is 397 g/mol. The second-order valence-electron chi connectivity index (χ2n) is 7.75. The van der Waals surface area contributed by atoms with Gasteiger partial charge in [-0.2, -0.15) is 0 Å². The van der Waals surface area contributed by atoms with Crippen molar-refractivity contribution in [2.45, 2.75) is 38.8 Å². The molecule has 0 spiro atoms. The van der Waals surface area contributed by atoms with Crippen molar-refractivity contribution in [1.82, 2.24) is 20.1 Å². The van der Waals surface area contributed by atoms with Crippen molar-refractivity contribution >= 4 is 17.6 Å². The van der Waals surface area contributed by atoms with Gasteiger partial charge in [0.05, 0.1) is 12.2 Å². The molecule has 2 heterocycles. The summed E-state index contributed by atoms with van der Waals surface area (Å²) in [6, 6.07) is 7.18. The standard InChI is InChI=1S/C21H27N5O3/c1-15-14-29-19(22-15)13-25-9-11-26(12-10-25)20(27)16-5-7-18(8-6-16)24-21(28)23-17-3-2-4-17/h5-8,14,17H,2-4,9-13H2,1H3,(H2,23,24,28). The average Bonchev–Trinajstić information content (AvgIpc) is 3.10. The van der Waals surface area contributed by atoms with Crippen molar-refractivity contribution in [1.29, 1.82) is 0 Å². The summed E-state index contributed by atoms with van der Waals surface area (Å²) in [5, 5.41) is 5.76. The maximum Gasteiger partial charge on any atom is 0.319 e. The number of carbonyl (C=O) groups excluding carboxylic acids is 2. The molecule has 0 radical (unpaired) electrons. The predicted octanol–water partition coefficient (Wildman–Crippen LogP) is 2.62. The maximum atomic E-state index is 12.8. The fourth-order valence-corrected chi connectivity index (χ4v) is 3.56. The molecular weight excluding hydrogens is 370 g/mol. The SMILES string of the molecule is Cc1coc(CN2CCN(C(=O)c3ccc(NC(=O)NC4CCC4)cc3)CC2)n1. The summed E-state index contributed by atoms with van der Waals surface area (Å²) in [5.41, 5.74) is 2.20. The van der Waals surface area contributed by atoms with E-state index in [4.69, 9.17) is 4.42 Å². The number of aromatic nitrogens is 1. The molecule has 29 heavy (non-hydrogen) atoms. The molecule has 1 saturated heterocycles. The van der Waals surface area contributed by atoms with E-state index in [1.165, 1.54) is 6.42 Å². The lowest BCUT2D eigenvalue weighted by molar-refractivity contribution is 0.0618. The lowest BCUT2D eigenvalue weighted by atomic mass is 9.93. The van der Waals surface area contributed by atoms with Gasteiger partial charge in [-0.25, -0.2) is 9.78 Å². The van der Waals surface area contributed by atoms with E-state index in [9.17, 15) is 9.59 Å². The van der Waals surface area contributed by atoms with Crippen LogP contribution < -0.4 is 10.6 Å². The molecule has 0 unspecified atom stereocenters. The Morgan fingerprint density at radius 3 is 2.45 bits per heavy atom. The highest BCUT2D eigenvalue weighted by molar-refractivity contribution is 5.95. The number of carbonyl (C=O) groups is 2. The van der Waals surface area contributed by atoms with Gasteiger partial charge in [-0.3, -0.25) is 9.69 Å². The van der Waals surface area contributed by atoms with Gasteiger partial charge in [0.1, 0.15) is 6.26 Å². The fraction of sp³-hybridized carbons (Fsp3) is 0.476. The predicted molar refractivity (Wildman–Crippen MR) is 109 cm³/mol. The Morgan fingerprint density at radius 2 is 1.86 bits per heavy atom. The second kappa shape index (κ2) is 8.65. The number of piperazine rings is 1. The lowest BCUT2D eigenvalue weighted by Gasteiger charge is -2.34. The molecule has 0 atom stereocenters. The van der Waals surface area contributed by atoms with Crippen LogP contribution >= 0.6 is 0 Å². The van der Waals surface area contributed by atoms with E-state index in [1.807, 2.05) is 11.8 Å². The minimum absolute atomic E-state index is 0.0158. The molecular formula is C21H27N5O3. The Bertz CT molecular complexity index is 851. The summed E-state index contributed by atoms with van der Waals surface area (Å²) < 4.78 is 5.41. The number of hydrogen-bond donors (Lipinski definition) is 2. The van der Waals surface area contributed by atoms with Gasteiger partial charge in [0, 0.05) is 43.5 Å². The molecule has 1 aromatic carbocycles. The third-order valence-corrected chi connectivity index (χ3v) is 5.52. The first-order valence-electron chi connectivity index (χ1n) is 10.2. The van der Waals surface area contributed by atoms with Gasteiger partial charge in [0.15, 0.2) is 0 Å². The number of anilines is 1. The van der Waals surface area contributed by atoms with Gasteiger partial charge in [0.25, 0.3) is 5.91 Å². The van der Waals surface area contributed by atoms with Gasteiger partial charge in [-0.1, -0.05) is 0 Å². The molecule has 2 aromatic rings. The minimum atomic E-state index is -0.189. The highest BCUT2D eigenvalue weighted by Crippen LogP contribution is 2.18. The fourth-order valence-electron chi connectivity index (χ4n) is 3.56. The van der Waals surface area contributed by atoms with E-state index in [2.05, 4.69) is 20.5 Å². The van der Waals surface area contributed by atoms with Gasteiger partial charge >= 0.3 is 6.03 Å². The number of nitrogens with one attached hydrogen (secondary N) is 2. The van der Waals surface area contributed by atoms with Crippen molar-refractivity contribution in [3.8, 4) is 0 Å². The van der Waals surface area contributed by atoms with Crippen LogP contribution in [0.25, 0.3) is 0 Å². The van der Waals surface area contributed by atoms with Crippen LogP contribution in [0.3, 0.4) is 0 Å². The summed E-state index contributed by atoms with van der Waals surface area (Å²) >= 11 is 0. The number of aryl methyl sites for hydroxylation is 1. The number of rotatable bonds is 5. The van der Waals surface area contributed by atoms with E-state index in [0.29, 0.717) is 42.8 Å². The Hall–Kier alpha value is -2.87. The summed E-state index contributed by atoms with van der Waals surface area (Å²) in [6.07, 6.45) is 4.93. The van der Waals surface area contributed by atoms with Crippen LogP contribution in [0.4, 0.5) is 10.5 Å². The number of oxazole rings is 1. The van der Waals surface area contributed by atoms with Crippen LogP contribution in [0.1, 0.15) is 41.2 Å². The summed E-state index contributed by atoms with van der Waals surface area (Å²) in [5.74, 6) is 0.730. The number of amides is 3. The van der Waals surface area contributed by atoms with E-state index < -0.39 is 0 Å². The van der Waals surface area contributed by atoms with Crippen molar-refractivity contribution in [3.63, 3.8) is 0 Å². The van der Waals surface area contributed by atoms with Gasteiger partial charge in [-0.15, -0.1) is 0 Å². The molecule has 3 amide bonds. The quantitative estimate of drug-likeness (QED) is 0.809. The molecule has 154 valence electrons. The molecule has 2 aliphatic rings. The first-order valence-corrected chi connectivity index (χ1v) is 10.2. The van der Waals surface area contributed by atoms with Crippen molar-refractivity contribution in [3.05, 3.63) is 47.7 Å². The van der Waals surface area contributed by atoms with Crippen LogP contribution in [-0.2, 0) is 6.54 Å². The first kappa shape index (κ1) is 19.4. The van der Waals surface area contributed by atoms with Crippen molar-refractivity contribution < 1.29 is 14.0 Å². The average molecular weight is 397 g/mol. The highest BCUT2D eigenvalue weighted by Gasteiger charge is 2.23. The van der Waals surface area contributed by atoms with Crippen LogP contribution in [0.15, 0.2) is 34.9 Å². The Morgan fingerprint density at radius 1 is 1.14 bits per heavy atom. The molecule has 8 nitrogen and oxygen atoms in total. The Balaban J connectivity index is 1.25. The normalized spacial score (nSPS) is 17.6. The molecule has 0 bridgehead atoms. The summed E-state index contributed by atoms with van der Waals surface area (Å²) in [6.45, 7) is 5.48. The molecule has 1 aliphatic heterocycles. The molecule has 8 heteroatoms. The smallest absolute Gasteiger partial charge is 0.319 e. The topological polar surface area (TPSA) is 90.7 Å². The number of benzene rings is 1. The third kappa shape index (κ3) is 4.95. The number of nitrogens with zero attached hydrogens (tertiary/aromatic N) is 3. The van der Waals surface area contributed by atoms with E-state index in [1.54, 1.807) is 30.5 Å². The van der Waals surface area contributed by atoms with Crippen molar-refractivity contribution in [2.24, 2.45) is 0 Å². The highest BCUT2D eigenvalue weighted by atomic mass is 16.3. The first-order chi connectivity index (χ1) is 14.1. The molecule has 2 N–H and O–H groups in total. The van der Waals surface area contributed by atoms with Crippen LogP contribution in [0.2, 0.25) is 0 Å². The van der Waals surface area contributed by atoms with Gasteiger partial charge in [0.2, 0.25) is 5.89 Å².